The van der Waals surface area contributed by atoms with E-state index in [0.717, 1.165) is 69.8 Å². The third-order valence-electron chi connectivity index (χ3n) is 6.08. The van der Waals surface area contributed by atoms with E-state index in [2.05, 4.69) is 42.2 Å². The van der Waals surface area contributed by atoms with E-state index in [1.807, 2.05) is 23.1 Å². The lowest BCUT2D eigenvalue weighted by atomic mass is 9.97. The molecule has 4 rings (SSSR count). The molecule has 4 heteroatoms. The molecular weight excluding hydrogens is 348 g/mol. The number of ether oxygens (including phenoxy) is 1. The third kappa shape index (κ3) is 4.45. The van der Waals surface area contributed by atoms with Crippen molar-refractivity contribution < 1.29 is 9.53 Å². The van der Waals surface area contributed by atoms with Crippen molar-refractivity contribution in [2.75, 3.05) is 39.4 Å². The molecule has 0 bridgehead atoms. The lowest BCUT2D eigenvalue weighted by Crippen LogP contribution is -2.50. The van der Waals surface area contributed by atoms with Gasteiger partial charge in [0.2, 0.25) is 0 Å². The van der Waals surface area contributed by atoms with E-state index < -0.39 is 0 Å². The first-order valence-electron chi connectivity index (χ1n) is 10.5. The van der Waals surface area contributed by atoms with Gasteiger partial charge in [0.15, 0.2) is 0 Å². The molecule has 2 aliphatic rings. The molecule has 0 spiro atoms. The average molecular weight is 379 g/mol. The fourth-order valence-electron chi connectivity index (χ4n) is 4.36. The van der Waals surface area contributed by atoms with Crippen LogP contribution in [0.4, 0.5) is 0 Å². The molecule has 2 saturated heterocycles. The zero-order valence-electron chi connectivity index (χ0n) is 16.8. The molecule has 148 valence electrons. The second-order valence-electron chi connectivity index (χ2n) is 7.99. The van der Waals surface area contributed by atoms with Crippen molar-refractivity contribution >= 4 is 5.91 Å². The largest absolute Gasteiger partial charge is 0.379 e. The van der Waals surface area contributed by atoms with Gasteiger partial charge >= 0.3 is 0 Å². The van der Waals surface area contributed by atoms with Gasteiger partial charge < -0.3 is 9.64 Å². The van der Waals surface area contributed by atoms with Crippen molar-refractivity contribution in [1.29, 1.82) is 0 Å². The van der Waals surface area contributed by atoms with Crippen LogP contribution >= 0.6 is 0 Å². The van der Waals surface area contributed by atoms with Crippen LogP contribution < -0.4 is 0 Å². The summed E-state index contributed by atoms with van der Waals surface area (Å²) < 4.78 is 5.47. The highest BCUT2D eigenvalue weighted by Gasteiger charge is 2.28. The summed E-state index contributed by atoms with van der Waals surface area (Å²) in [4.78, 5) is 17.8. The maximum atomic E-state index is 13.2. The Hall–Kier alpha value is -2.17. The molecule has 2 heterocycles. The van der Waals surface area contributed by atoms with Crippen LogP contribution in [0.5, 0.6) is 0 Å². The number of amides is 1. The Labute approximate surface area is 168 Å². The number of hydrogen-bond donors (Lipinski definition) is 0. The number of aryl methyl sites for hydroxylation is 1. The van der Waals surface area contributed by atoms with Crippen molar-refractivity contribution in [3.8, 4) is 0 Å². The van der Waals surface area contributed by atoms with E-state index >= 15 is 0 Å². The fourth-order valence-corrected chi connectivity index (χ4v) is 4.36. The minimum Gasteiger partial charge on any atom is -0.379 e. The third-order valence-corrected chi connectivity index (χ3v) is 6.08. The SMILES string of the molecule is Cc1ccc(Cc2ccccc2C(=O)N2CCC(N3CCOCC3)CC2)cc1. The van der Waals surface area contributed by atoms with Crippen molar-refractivity contribution in [3.05, 3.63) is 70.8 Å². The summed E-state index contributed by atoms with van der Waals surface area (Å²) in [7, 11) is 0. The Bertz CT molecular complexity index is 789. The number of hydrogen-bond acceptors (Lipinski definition) is 3. The van der Waals surface area contributed by atoms with Gasteiger partial charge in [-0.25, -0.2) is 0 Å². The predicted octanol–water partition coefficient (Wildman–Crippen LogP) is 3.52. The summed E-state index contributed by atoms with van der Waals surface area (Å²) in [5.41, 5.74) is 4.48. The van der Waals surface area contributed by atoms with Crippen LogP contribution in [0.15, 0.2) is 48.5 Å². The van der Waals surface area contributed by atoms with Crippen molar-refractivity contribution in [2.24, 2.45) is 0 Å². The summed E-state index contributed by atoms with van der Waals surface area (Å²) in [5, 5.41) is 0. The molecule has 28 heavy (non-hydrogen) atoms. The van der Waals surface area contributed by atoms with Crippen molar-refractivity contribution in [3.63, 3.8) is 0 Å². The van der Waals surface area contributed by atoms with Crippen LogP contribution in [0.25, 0.3) is 0 Å². The molecule has 0 aliphatic carbocycles. The molecule has 0 aromatic heterocycles. The van der Waals surface area contributed by atoms with E-state index in [1.165, 1.54) is 11.1 Å². The van der Waals surface area contributed by atoms with Crippen LogP contribution in [-0.4, -0.2) is 61.1 Å². The molecule has 2 aliphatic heterocycles. The van der Waals surface area contributed by atoms with Crippen LogP contribution in [0.1, 0.15) is 39.9 Å². The summed E-state index contributed by atoms with van der Waals surface area (Å²) in [5.74, 6) is 0.183. The number of rotatable bonds is 4. The average Bonchev–Trinajstić information content (AvgIpc) is 2.76. The number of benzene rings is 2. The van der Waals surface area contributed by atoms with E-state index in [1.54, 1.807) is 0 Å². The zero-order chi connectivity index (χ0) is 19.3. The Morgan fingerprint density at radius 3 is 2.36 bits per heavy atom. The number of carbonyl (C=O) groups excluding carboxylic acids is 1. The van der Waals surface area contributed by atoms with Crippen molar-refractivity contribution in [1.82, 2.24) is 9.80 Å². The molecule has 0 saturated carbocycles. The topological polar surface area (TPSA) is 32.8 Å². The molecule has 2 aromatic rings. The molecule has 0 unspecified atom stereocenters. The summed E-state index contributed by atoms with van der Waals surface area (Å²) >= 11 is 0. The standard InChI is InChI=1S/C24H30N2O2/c1-19-6-8-20(9-7-19)18-21-4-2-3-5-23(21)24(27)26-12-10-22(11-13-26)25-14-16-28-17-15-25/h2-9,22H,10-18H2,1H3. The van der Waals surface area contributed by atoms with Gasteiger partial charge in [-0.15, -0.1) is 0 Å². The minimum atomic E-state index is 0.183. The summed E-state index contributed by atoms with van der Waals surface area (Å²) in [6, 6.07) is 17.3. The van der Waals surface area contributed by atoms with Gasteiger partial charge in [0.25, 0.3) is 5.91 Å². The molecule has 0 radical (unpaired) electrons. The van der Waals surface area contributed by atoms with E-state index in [0.29, 0.717) is 6.04 Å². The molecule has 4 nitrogen and oxygen atoms in total. The van der Waals surface area contributed by atoms with Gasteiger partial charge in [-0.05, 0) is 43.4 Å². The second-order valence-corrected chi connectivity index (χ2v) is 7.99. The first-order chi connectivity index (χ1) is 13.7. The monoisotopic (exact) mass is 378 g/mol. The highest BCUT2D eigenvalue weighted by atomic mass is 16.5. The second kappa shape index (κ2) is 8.89. The van der Waals surface area contributed by atoms with Crippen molar-refractivity contribution in [2.45, 2.75) is 32.2 Å². The van der Waals surface area contributed by atoms with Crippen LogP contribution in [-0.2, 0) is 11.2 Å². The summed E-state index contributed by atoms with van der Waals surface area (Å²) in [6.45, 7) is 7.52. The molecule has 2 aromatic carbocycles. The van der Waals surface area contributed by atoms with Gasteiger partial charge in [-0.1, -0.05) is 48.0 Å². The Morgan fingerprint density at radius 1 is 0.964 bits per heavy atom. The summed E-state index contributed by atoms with van der Waals surface area (Å²) in [6.07, 6.45) is 2.92. The van der Waals surface area contributed by atoms with Gasteiger partial charge in [-0.2, -0.15) is 0 Å². The highest BCUT2D eigenvalue weighted by Crippen LogP contribution is 2.22. The number of likely N-dealkylation sites (tertiary alicyclic amines) is 1. The number of carbonyl (C=O) groups is 1. The van der Waals surface area contributed by atoms with Crippen LogP contribution in [0.3, 0.4) is 0 Å². The van der Waals surface area contributed by atoms with Crippen LogP contribution in [0.2, 0.25) is 0 Å². The molecule has 1 amide bonds. The first kappa shape index (κ1) is 19.2. The minimum absolute atomic E-state index is 0.183. The molecule has 0 N–H and O–H groups in total. The first-order valence-corrected chi connectivity index (χ1v) is 10.5. The Morgan fingerprint density at radius 2 is 1.64 bits per heavy atom. The van der Waals surface area contributed by atoms with Gasteiger partial charge in [0.05, 0.1) is 13.2 Å². The number of nitrogens with zero attached hydrogens (tertiary/aromatic N) is 2. The van der Waals surface area contributed by atoms with Gasteiger partial charge in [0.1, 0.15) is 0 Å². The lowest BCUT2D eigenvalue weighted by Gasteiger charge is -2.40. The number of morpholine rings is 1. The van der Waals surface area contributed by atoms with Crippen LogP contribution in [0, 0.1) is 6.92 Å². The van der Waals surface area contributed by atoms with E-state index in [-0.39, 0.29) is 5.91 Å². The Kier molecular flexibility index (Phi) is 6.08. The van der Waals surface area contributed by atoms with E-state index in [9.17, 15) is 4.79 Å². The number of piperidine rings is 1. The maximum absolute atomic E-state index is 13.2. The predicted molar refractivity (Wildman–Crippen MR) is 112 cm³/mol. The molecular formula is C24H30N2O2. The molecule has 2 fully saturated rings. The fraction of sp³-hybridized carbons (Fsp3) is 0.458. The maximum Gasteiger partial charge on any atom is 0.254 e. The smallest absolute Gasteiger partial charge is 0.254 e. The quantitative estimate of drug-likeness (QED) is 0.816. The highest BCUT2D eigenvalue weighted by molar-refractivity contribution is 5.95. The normalized spacial score (nSPS) is 19.0. The zero-order valence-corrected chi connectivity index (χ0v) is 16.8. The Balaban J connectivity index is 1.41. The lowest BCUT2D eigenvalue weighted by molar-refractivity contribution is 0.00158. The van der Waals surface area contributed by atoms with E-state index in [4.69, 9.17) is 4.74 Å². The molecule has 0 atom stereocenters. The van der Waals surface area contributed by atoms with Gasteiger partial charge in [0, 0.05) is 37.8 Å². The van der Waals surface area contributed by atoms with Gasteiger partial charge in [-0.3, -0.25) is 9.69 Å².